The van der Waals surface area contributed by atoms with E-state index < -0.39 is 11.7 Å². The van der Waals surface area contributed by atoms with Crippen molar-refractivity contribution in [3.63, 3.8) is 0 Å². The van der Waals surface area contributed by atoms with E-state index in [0.29, 0.717) is 38.7 Å². The first kappa shape index (κ1) is 15.5. The van der Waals surface area contributed by atoms with E-state index in [1.54, 1.807) is 11.0 Å². The lowest BCUT2D eigenvalue weighted by molar-refractivity contribution is -0.138. The van der Waals surface area contributed by atoms with Crippen LogP contribution in [-0.4, -0.2) is 43.9 Å². The van der Waals surface area contributed by atoms with Gasteiger partial charge in [-0.05, 0) is 19.4 Å². The van der Waals surface area contributed by atoms with Gasteiger partial charge in [-0.25, -0.2) is 4.98 Å². The molecule has 0 saturated carbocycles. The highest BCUT2D eigenvalue weighted by atomic mass is 19.4. The maximum absolute atomic E-state index is 13.5. The van der Waals surface area contributed by atoms with Gasteiger partial charge >= 0.3 is 6.18 Å². The van der Waals surface area contributed by atoms with Gasteiger partial charge in [0, 0.05) is 25.7 Å². The molecule has 3 aliphatic heterocycles. The minimum absolute atomic E-state index is 0.0815. The zero-order valence-electron chi connectivity index (χ0n) is 13.2. The van der Waals surface area contributed by atoms with E-state index in [-0.39, 0.29) is 22.8 Å². The third-order valence-electron chi connectivity index (χ3n) is 5.19. The van der Waals surface area contributed by atoms with Crippen molar-refractivity contribution >= 4 is 11.6 Å². The molecule has 3 fully saturated rings. The fraction of sp³-hybridized carbons (Fsp3) is 0.625. The molecule has 3 aliphatic rings. The molecule has 8 heteroatoms. The average Bonchev–Trinajstić information content (AvgIpc) is 2.41. The fourth-order valence-corrected chi connectivity index (χ4v) is 3.55. The maximum atomic E-state index is 13.5. The Morgan fingerprint density at radius 2 is 2.08 bits per heavy atom. The van der Waals surface area contributed by atoms with Gasteiger partial charge in [0.15, 0.2) is 0 Å². The number of rotatable bonds is 2. The highest BCUT2D eigenvalue weighted by Gasteiger charge is 2.50. The quantitative estimate of drug-likeness (QED) is 0.829. The van der Waals surface area contributed by atoms with E-state index in [1.165, 1.54) is 0 Å². The number of pyridine rings is 1. The Morgan fingerprint density at radius 1 is 1.38 bits per heavy atom. The van der Waals surface area contributed by atoms with Crippen LogP contribution in [0.3, 0.4) is 0 Å². The third kappa shape index (κ3) is 2.22. The SMILES string of the molecule is C[C@H]1CCN1c1nc(N2CC3(COC3)C2)cc(C(F)(F)F)c1C#N. The summed E-state index contributed by atoms with van der Waals surface area (Å²) in [5.74, 6) is 0.458. The van der Waals surface area contributed by atoms with Gasteiger partial charge in [-0.3, -0.25) is 0 Å². The van der Waals surface area contributed by atoms with E-state index in [0.717, 1.165) is 12.5 Å². The molecule has 0 N–H and O–H groups in total. The number of nitriles is 1. The topological polar surface area (TPSA) is 52.4 Å². The van der Waals surface area contributed by atoms with E-state index in [4.69, 9.17) is 4.74 Å². The van der Waals surface area contributed by atoms with E-state index in [9.17, 15) is 18.4 Å². The normalized spacial score (nSPS) is 24.9. The lowest BCUT2D eigenvalue weighted by Gasteiger charge is -2.55. The molecule has 0 aromatic carbocycles. The van der Waals surface area contributed by atoms with Crippen molar-refractivity contribution in [2.24, 2.45) is 5.41 Å². The molecule has 128 valence electrons. The summed E-state index contributed by atoms with van der Waals surface area (Å²) in [7, 11) is 0. The van der Waals surface area contributed by atoms with Crippen LogP contribution in [0.4, 0.5) is 24.8 Å². The van der Waals surface area contributed by atoms with Crippen LogP contribution in [0.15, 0.2) is 6.07 Å². The Labute approximate surface area is 137 Å². The van der Waals surface area contributed by atoms with E-state index in [2.05, 4.69) is 4.98 Å². The molecule has 0 bridgehead atoms. The van der Waals surface area contributed by atoms with E-state index >= 15 is 0 Å². The Kier molecular flexibility index (Phi) is 3.23. The van der Waals surface area contributed by atoms with Crippen molar-refractivity contribution in [2.45, 2.75) is 25.6 Å². The molecule has 1 atom stereocenters. The largest absolute Gasteiger partial charge is 0.417 e. The number of alkyl halides is 3. The smallest absolute Gasteiger partial charge is 0.380 e. The van der Waals surface area contributed by atoms with Crippen LogP contribution in [0, 0.1) is 16.7 Å². The lowest BCUT2D eigenvalue weighted by Crippen LogP contribution is -2.66. The van der Waals surface area contributed by atoms with Crippen molar-refractivity contribution < 1.29 is 17.9 Å². The zero-order valence-corrected chi connectivity index (χ0v) is 13.2. The second-order valence-corrected chi connectivity index (χ2v) is 7.02. The van der Waals surface area contributed by atoms with Gasteiger partial charge in [0.2, 0.25) is 0 Å². The number of hydrogen-bond acceptors (Lipinski definition) is 5. The number of halogens is 3. The van der Waals surface area contributed by atoms with Crippen LogP contribution >= 0.6 is 0 Å². The van der Waals surface area contributed by atoms with Gasteiger partial charge in [-0.1, -0.05) is 0 Å². The predicted octanol–water partition coefficient (Wildman–Crippen LogP) is 2.41. The molecule has 0 amide bonds. The van der Waals surface area contributed by atoms with Gasteiger partial charge < -0.3 is 14.5 Å². The van der Waals surface area contributed by atoms with Gasteiger partial charge in [0.1, 0.15) is 23.3 Å². The highest BCUT2D eigenvalue weighted by molar-refractivity contribution is 5.65. The minimum atomic E-state index is -4.58. The number of aromatic nitrogens is 1. The van der Waals surface area contributed by atoms with Gasteiger partial charge in [0.25, 0.3) is 0 Å². The number of anilines is 2. The molecule has 0 radical (unpaired) electrons. The first-order valence-electron chi connectivity index (χ1n) is 7.95. The van der Waals surface area contributed by atoms with Gasteiger partial charge in [0.05, 0.1) is 24.2 Å². The van der Waals surface area contributed by atoms with Crippen molar-refractivity contribution in [1.82, 2.24) is 4.98 Å². The summed E-state index contributed by atoms with van der Waals surface area (Å²) < 4.78 is 45.6. The van der Waals surface area contributed by atoms with Crippen LogP contribution in [-0.2, 0) is 10.9 Å². The van der Waals surface area contributed by atoms with Crippen molar-refractivity contribution in [3.05, 3.63) is 17.2 Å². The molecule has 3 saturated heterocycles. The summed E-state index contributed by atoms with van der Waals surface area (Å²) in [5.41, 5.74) is -1.19. The molecule has 5 nitrogen and oxygen atoms in total. The molecule has 24 heavy (non-hydrogen) atoms. The average molecular weight is 338 g/mol. The summed E-state index contributed by atoms with van der Waals surface area (Å²) >= 11 is 0. The molecule has 1 aromatic rings. The van der Waals surface area contributed by atoms with E-state index in [1.807, 2.05) is 11.8 Å². The Balaban J connectivity index is 1.74. The summed E-state index contributed by atoms with van der Waals surface area (Å²) in [6.07, 6.45) is -3.68. The summed E-state index contributed by atoms with van der Waals surface area (Å²) in [6, 6.07) is 2.83. The molecule has 0 unspecified atom stereocenters. The first-order valence-corrected chi connectivity index (χ1v) is 7.95. The van der Waals surface area contributed by atoms with Crippen molar-refractivity contribution in [2.75, 3.05) is 42.6 Å². The van der Waals surface area contributed by atoms with Gasteiger partial charge in [-0.15, -0.1) is 0 Å². The minimum Gasteiger partial charge on any atom is -0.380 e. The second-order valence-electron chi connectivity index (χ2n) is 7.02. The molecular weight excluding hydrogens is 321 g/mol. The Morgan fingerprint density at radius 3 is 2.50 bits per heavy atom. The third-order valence-corrected chi connectivity index (χ3v) is 5.19. The molecule has 0 aliphatic carbocycles. The summed E-state index contributed by atoms with van der Waals surface area (Å²) in [4.78, 5) is 8.04. The Bertz CT molecular complexity index is 715. The molecule has 1 aromatic heterocycles. The van der Waals surface area contributed by atoms with Crippen LogP contribution in [0.2, 0.25) is 0 Å². The molecule has 4 heterocycles. The van der Waals surface area contributed by atoms with Crippen molar-refractivity contribution in [3.8, 4) is 6.07 Å². The molecular formula is C16H17F3N4O. The van der Waals surface area contributed by atoms with Crippen LogP contribution in [0.1, 0.15) is 24.5 Å². The maximum Gasteiger partial charge on any atom is 0.417 e. The summed E-state index contributed by atoms with van der Waals surface area (Å²) in [5, 5.41) is 9.30. The van der Waals surface area contributed by atoms with Crippen molar-refractivity contribution in [1.29, 1.82) is 5.26 Å². The molecule has 1 spiro atoms. The number of ether oxygens (including phenoxy) is 1. The monoisotopic (exact) mass is 338 g/mol. The van der Waals surface area contributed by atoms with Gasteiger partial charge in [-0.2, -0.15) is 18.4 Å². The first-order chi connectivity index (χ1) is 11.3. The lowest BCUT2D eigenvalue weighted by atomic mass is 9.78. The number of nitrogens with zero attached hydrogens (tertiary/aromatic N) is 4. The Hall–Kier alpha value is -2.01. The van der Waals surface area contributed by atoms with Crippen LogP contribution < -0.4 is 9.80 Å². The highest BCUT2D eigenvalue weighted by Crippen LogP contribution is 2.44. The van der Waals surface area contributed by atoms with Crippen LogP contribution in [0.25, 0.3) is 0 Å². The predicted molar refractivity (Wildman–Crippen MR) is 80.8 cm³/mol. The second kappa shape index (κ2) is 4.99. The summed E-state index contributed by atoms with van der Waals surface area (Å²) in [6.45, 7) is 5.16. The standard InChI is InChI=1S/C16H17F3N4O/c1-10-2-3-23(10)14-11(5-20)12(16(17,18)19)4-13(21-14)22-6-15(7-22)8-24-9-15/h4,10H,2-3,6-9H2,1H3/t10-/m0/s1. The molecule has 4 rings (SSSR count). The van der Waals surface area contributed by atoms with Crippen LogP contribution in [0.5, 0.6) is 0 Å². The number of hydrogen-bond donors (Lipinski definition) is 0. The fourth-order valence-electron chi connectivity index (χ4n) is 3.55. The zero-order chi connectivity index (χ0) is 17.1.